The van der Waals surface area contributed by atoms with E-state index in [1.165, 1.54) is 19.2 Å². The molecule has 3 N–H and O–H groups in total. The van der Waals surface area contributed by atoms with Gasteiger partial charge in [-0.2, -0.15) is 0 Å². The third-order valence-electron chi connectivity index (χ3n) is 3.49. The highest BCUT2D eigenvalue weighted by Crippen LogP contribution is 2.41. The number of halogens is 1. The highest BCUT2D eigenvalue weighted by molar-refractivity contribution is 8.14. The molecule has 1 saturated heterocycles. The standard InChI is InChI=1S/C14H18ClN3O5S2/c1-3-6-17-12-18(13(19)23-2)14(20,8-24-12)9-4-5-10(15)11(7-9)25(16,21)22/h4-5,7,20H,3,6,8H2,1-2H3,(H2,16,21,22). The first-order valence-corrected chi connectivity index (χ1v) is 10.2. The van der Waals surface area contributed by atoms with Gasteiger partial charge in [-0.25, -0.2) is 23.3 Å². The average molecular weight is 408 g/mol. The van der Waals surface area contributed by atoms with Crippen LogP contribution in [0.3, 0.4) is 0 Å². The van der Waals surface area contributed by atoms with Crippen molar-refractivity contribution < 1.29 is 23.1 Å². The van der Waals surface area contributed by atoms with Crippen LogP contribution in [0.15, 0.2) is 28.1 Å². The maximum absolute atomic E-state index is 12.2. The van der Waals surface area contributed by atoms with Crippen LogP contribution in [0.2, 0.25) is 5.02 Å². The van der Waals surface area contributed by atoms with E-state index in [0.717, 1.165) is 29.1 Å². The zero-order chi connectivity index (χ0) is 18.8. The number of thioether (sulfide) groups is 1. The van der Waals surface area contributed by atoms with E-state index in [-0.39, 0.29) is 21.2 Å². The second-order valence-corrected chi connectivity index (χ2v) is 8.14. The first-order chi connectivity index (χ1) is 11.6. The number of rotatable bonds is 4. The summed E-state index contributed by atoms with van der Waals surface area (Å²) < 4.78 is 28.1. The van der Waals surface area contributed by atoms with Crippen LogP contribution < -0.4 is 5.14 Å². The zero-order valence-electron chi connectivity index (χ0n) is 13.6. The smallest absolute Gasteiger partial charge is 0.418 e. The summed E-state index contributed by atoms with van der Waals surface area (Å²) in [6.07, 6.45) is -0.0527. The molecule has 0 radical (unpaired) electrons. The van der Waals surface area contributed by atoms with Gasteiger partial charge in [-0.1, -0.05) is 36.4 Å². The lowest BCUT2D eigenvalue weighted by Crippen LogP contribution is -2.48. The van der Waals surface area contributed by atoms with E-state index < -0.39 is 21.8 Å². The Labute approximate surface area is 155 Å². The lowest BCUT2D eigenvalue weighted by atomic mass is 10.0. The van der Waals surface area contributed by atoms with Gasteiger partial charge in [0.05, 0.1) is 17.9 Å². The second-order valence-electron chi connectivity index (χ2n) is 5.27. The van der Waals surface area contributed by atoms with E-state index in [9.17, 15) is 18.3 Å². The summed E-state index contributed by atoms with van der Waals surface area (Å²) in [5.74, 6) is 0.0519. The Balaban J connectivity index is 2.57. The molecule has 1 aliphatic rings. The minimum absolute atomic E-state index is 0.0519. The molecule has 1 aliphatic heterocycles. The maximum Gasteiger partial charge on any atom is 0.418 e. The summed E-state index contributed by atoms with van der Waals surface area (Å²) in [5.41, 5.74) is -1.70. The molecule has 11 heteroatoms. The van der Waals surface area contributed by atoms with Crippen LogP contribution in [0.5, 0.6) is 0 Å². The lowest BCUT2D eigenvalue weighted by molar-refractivity contribution is -0.0397. The van der Waals surface area contributed by atoms with Gasteiger partial charge < -0.3 is 9.84 Å². The summed E-state index contributed by atoms with van der Waals surface area (Å²) in [5, 5.41) is 16.5. The van der Waals surface area contributed by atoms with E-state index in [4.69, 9.17) is 21.5 Å². The van der Waals surface area contributed by atoms with Crippen LogP contribution in [0.1, 0.15) is 18.9 Å². The van der Waals surface area contributed by atoms with Crippen LogP contribution in [-0.2, 0) is 20.5 Å². The molecule has 1 fully saturated rings. The number of benzene rings is 1. The van der Waals surface area contributed by atoms with Gasteiger partial charge in [0.2, 0.25) is 10.0 Å². The first-order valence-electron chi connectivity index (χ1n) is 7.25. The minimum atomic E-state index is -4.10. The van der Waals surface area contributed by atoms with Crippen LogP contribution in [0, 0.1) is 0 Å². The summed E-state index contributed by atoms with van der Waals surface area (Å²) >= 11 is 7.05. The third kappa shape index (κ3) is 3.93. The zero-order valence-corrected chi connectivity index (χ0v) is 16.0. The minimum Gasteiger partial charge on any atom is -0.452 e. The Bertz CT molecular complexity index is 815. The van der Waals surface area contributed by atoms with E-state index in [1.54, 1.807) is 0 Å². The van der Waals surface area contributed by atoms with Crippen molar-refractivity contribution in [3.8, 4) is 0 Å². The van der Waals surface area contributed by atoms with Crippen LogP contribution in [0.4, 0.5) is 4.79 Å². The number of aliphatic imine (C=N–C) groups is 1. The van der Waals surface area contributed by atoms with Gasteiger partial charge in [0.15, 0.2) is 10.9 Å². The van der Waals surface area contributed by atoms with Crippen molar-refractivity contribution in [1.82, 2.24) is 4.90 Å². The number of nitrogens with two attached hydrogens (primary N) is 1. The fourth-order valence-electron chi connectivity index (χ4n) is 2.28. The molecular formula is C14H18ClN3O5S2. The van der Waals surface area contributed by atoms with Crippen LogP contribution in [-0.4, -0.2) is 49.1 Å². The number of hydrogen-bond donors (Lipinski definition) is 2. The Morgan fingerprint density at radius 1 is 1.56 bits per heavy atom. The van der Waals surface area contributed by atoms with Crippen molar-refractivity contribution >= 4 is 44.6 Å². The molecule has 1 amide bonds. The molecule has 2 rings (SSSR count). The third-order valence-corrected chi connectivity index (χ3v) is 6.00. The number of aliphatic hydroxyl groups is 1. The molecule has 0 spiro atoms. The number of primary sulfonamides is 1. The number of hydrogen-bond acceptors (Lipinski definition) is 7. The summed E-state index contributed by atoms with van der Waals surface area (Å²) in [7, 11) is -2.92. The maximum atomic E-state index is 12.2. The second kappa shape index (κ2) is 7.50. The predicted octanol–water partition coefficient (Wildman–Crippen LogP) is 1.71. The highest BCUT2D eigenvalue weighted by atomic mass is 35.5. The average Bonchev–Trinajstić information content (AvgIpc) is 2.89. The van der Waals surface area contributed by atoms with Crippen molar-refractivity contribution in [3.05, 3.63) is 28.8 Å². The topological polar surface area (TPSA) is 122 Å². The largest absolute Gasteiger partial charge is 0.452 e. The SMILES string of the molecule is CCCN=C1SCC(O)(c2ccc(Cl)c(S(N)(=O)=O)c2)N1C(=O)OC. The van der Waals surface area contributed by atoms with Crippen molar-refractivity contribution in [2.24, 2.45) is 10.1 Å². The Morgan fingerprint density at radius 2 is 2.24 bits per heavy atom. The van der Waals surface area contributed by atoms with E-state index in [2.05, 4.69) is 4.99 Å². The summed E-state index contributed by atoms with van der Waals surface area (Å²) in [4.78, 5) is 17.1. The van der Waals surface area contributed by atoms with Crippen LogP contribution >= 0.6 is 23.4 Å². The summed E-state index contributed by atoms with van der Waals surface area (Å²) in [6, 6.07) is 3.88. The van der Waals surface area contributed by atoms with Gasteiger partial charge >= 0.3 is 6.09 Å². The normalized spacial score (nSPS) is 22.4. The van der Waals surface area contributed by atoms with Crippen LogP contribution in [0.25, 0.3) is 0 Å². The molecule has 1 heterocycles. The molecule has 0 aliphatic carbocycles. The van der Waals surface area contributed by atoms with E-state index >= 15 is 0 Å². The molecule has 1 atom stereocenters. The summed E-state index contributed by atoms with van der Waals surface area (Å²) in [6.45, 7) is 2.39. The number of nitrogens with zero attached hydrogens (tertiary/aromatic N) is 2. The first kappa shape index (κ1) is 20.0. The number of carbonyl (C=O) groups excluding carboxylic acids is 1. The molecule has 138 valence electrons. The Kier molecular flexibility index (Phi) is 6.00. The molecule has 0 saturated carbocycles. The molecule has 8 nitrogen and oxygen atoms in total. The van der Waals surface area contributed by atoms with Gasteiger partial charge in [-0.15, -0.1) is 0 Å². The van der Waals surface area contributed by atoms with E-state index in [1.807, 2.05) is 6.92 Å². The Hall–Kier alpha value is -1.33. The van der Waals surface area contributed by atoms with Crippen molar-refractivity contribution in [2.45, 2.75) is 24.0 Å². The van der Waals surface area contributed by atoms with Gasteiger partial charge in [-0.05, 0) is 18.6 Å². The monoisotopic (exact) mass is 407 g/mol. The molecular weight excluding hydrogens is 390 g/mol. The Morgan fingerprint density at radius 3 is 2.80 bits per heavy atom. The highest BCUT2D eigenvalue weighted by Gasteiger charge is 2.49. The van der Waals surface area contributed by atoms with Gasteiger partial charge in [0, 0.05) is 12.1 Å². The molecule has 1 aromatic rings. The molecule has 0 aromatic heterocycles. The van der Waals surface area contributed by atoms with Gasteiger partial charge in [-0.3, -0.25) is 4.99 Å². The number of methoxy groups -OCH3 is 1. The lowest BCUT2D eigenvalue weighted by Gasteiger charge is -2.31. The molecule has 0 bridgehead atoms. The number of carbonyl (C=O) groups is 1. The predicted molar refractivity (Wildman–Crippen MR) is 96.0 cm³/mol. The van der Waals surface area contributed by atoms with E-state index in [0.29, 0.717) is 11.7 Å². The van der Waals surface area contributed by atoms with Crippen molar-refractivity contribution in [3.63, 3.8) is 0 Å². The molecule has 1 unspecified atom stereocenters. The number of sulfonamides is 1. The fourth-order valence-corrected chi connectivity index (χ4v) is 4.51. The number of amides is 1. The quantitative estimate of drug-likeness (QED) is 0.783. The van der Waals surface area contributed by atoms with Gasteiger partial charge in [0.25, 0.3) is 0 Å². The fraction of sp³-hybridized carbons (Fsp3) is 0.429. The molecule has 25 heavy (non-hydrogen) atoms. The number of ether oxygens (including phenoxy) is 1. The number of amidine groups is 1. The van der Waals surface area contributed by atoms with Crippen molar-refractivity contribution in [2.75, 3.05) is 19.4 Å². The van der Waals surface area contributed by atoms with Crippen molar-refractivity contribution in [1.29, 1.82) is 0 Å². The van der Waals surface area contributed by atoms with Gasteiger partial charge in [0.1, 0.15) is 4.90 Å². The molecule has 1 aromatic carbocycles.